The maximum atomic E-state index is 12.3. The van der Waals surface area contributed by atoms with Crippen LogP contribution in [0.15, 0.2) is 29.8 Å². The Bertz CT molecular complexity index is 980. The zero-order valence-corrected chi connectivity index (χ0v) is 18.1. The van der Waals surface area contributed by atoms with E-state index in [-0.39, 0.29) is 12.1 Å². The quantitative estimate of drug-likeness (QED) is 0.508. The van der Waals surface area contributed by atoms with Gasteiger partial charge in [-0.15, -0.1) is 0 Å². The number of benzene rings is 2. The van der Waals surface area contributed by atoms with Crippen molar-refractivity contribution < 1.29 is 32.5 Å². The van der Waals surface area contributed by atoms with E-state index in [0.29, 0.717) is 28.3 Å². The molecular weight excluding hydrogens is 411 g/mol. The van der Waals surface area contributed by atoms with Crippen LogP contribution < -0.4 is 14.8 Å². The third kappa shape index (κ3) is 5.71. The average molecular weight is 437 g/mol. The summed E-state index contributed by atoms with van der Waals surface area (Å²) in [5.41, 5.74) is 4.38. The molecule has 31 heavy (non-hydrogen) atoms. The van der Waals surface area contributed by atoms with Gasteiger partial charge in [0.05, 0.1) is 20.6 Å². The molecule has 0 bridgehead atoms. The van der Waals surface area contributed by atoms with Crippen molar-refractivity contribution in [3.8, 4) is 22.6 Å². The van der Waals surface area contributed by atoms with Gasteiger partial charge in [0.1, 0.15) is 11.5 Å². The van der Waals surface area contributed by atoms with Crippen molar-refractivity contribution in [1.82, 2.24) is 0 Å². The Hall–Kier alpha value is -3.16. The van der Waals surface area contributed by atoms with Crippen LogP contribution in [-0.2, 0) is 4.79 Å². The molecule has 0 heterocycles. The minimum absolute atomic E-state index is 0.157. The summed E-state index contributed by atoms with van der Waals surface area (Å²) in [6.07, 6.45) is -3.58. The molecule has 0 saturated heterocycles. The summed E-state index contributed by atoms with van der Waals surface area (Å²) in [6.45, 7) is 4.96. The van der Waals surface area contributed by atoms with E-state index in [4.69, 9.17) is 9.47 Å². The first kappa shape index (κ1) is 24.1. The molecule has 8 heteroatoms. The van der Waals surface area contributed by atoms with Crippen molar-refractivity contribution in [1.29, 1.82) is 0 Å². The second kappa shape index (κ2) is 9.76. The van der Waals surface area contributed by atoms with Gasteiger partial charge in [0.2, 0.25) is 0 Å². The fraction of sp³-hybridized carbons (Fsp3) is 0.348. The molecule has 2 rings (SSSR count). The van der Waals surface area contributed by atoms with Gasteiger partial charge in [-0.1, -0.05) is 12.1 Å². The van der Waals surface area contributed by atoms with E-state index in [9.17, 15) is 23.1 Å². The SMILES string of the molecule is COc1c(C)c(-c2ccc(NCCC(F)(F)F)cc2)c(OC)c(C)c1C=C(C)C(=O)O. The number of halogens is 3. The van der Waals surface area contributed by atoms with Crippen molar-refractivity contribution in [2.24, 2.45) is 0 Å². The van der Waals surface area contributed by atoms with E-state index < -0.39 is 18.6 Å². The molecule has 2 N–H and O–H groups in total. The molecule has 5 nitrogen and oxygen atoms in total. The zero-order chi connectivity index (χ0) is 23.3. The van der Waals surface area contributed by atoms with Crippen LogP contribution in [0.3, 0.4) is 0 Å². The van der Waals surface area contributed by atoms with E-state index in [2.05, 4.69) is 5.32 Å². The minimum Gasteiger partial charge on any atom is -0.496 e. The molecule has 0 unspecified atom stereocenters. The number of rotatable bonds is 8. The van der Waals surface area contributed by atoms with Gasteiger partial charge in [0.15, 0.2) is 0 Å². The highest BCUT2D eigenvalue weighted by Crippen LogP contribution is 2.44. The molecule has 0 aliphatic heterocycles. The fourth-order valence-corrected chi connectivity index (χ4v) is 3.39. The summed E-state index contributed by atoms with van der Waals surface area (Å²) in [6, 6.07) is 6.99. The van der Waals surface area contributed by atoms with E-state index >= 15 is 0 Å². The van der Waals surface area contributed by atoms with Gasteiger partial charge in [-0.25, -0.2) is 4.79 Å². The summed E-state index contributed by atoms with van der Waals surface area (Å²) < 4.78 is 48.3. The van der Waals surface area contributed by atoms with Gasteiger partial charge in [0, 0.05) is 40.1 Å². The van der Waals surface area contributed by atoms with Crippen LogP contribution in [0.2, 0.25) is 0 Å². The van der Waals surface area contributed by atoms with Gasteiger partial charge in [0.25, 0.3) is 0 Å². The molecule has 0 amide bonds. The van der Waals surface area contributed by atoms with Gasteiger partial charge >= 0.3 is 12.1 Å². The largest absolute Gasteiger partial charge is 0.496 e. The fourth-order valence-electron chi connectivity index (χ4n) is 3.39. The molecule has 0 aromatic heterocycles. The van der Waals surface area contributed by atoms with E-state index in [1.807, 2.05) is 13.8 Å². The average Bonchev–Trinajstić information content (AvgIpc) is 2.70. The molecule has 0 aliphatic rings. The number of hydrogen-bond acceptors (Lipinski definition) is 4. The first-order valence-corrected chi connectivity index (χ1v) is 9.58. The third-order valence-electron chi connectivity index (χ3n) is 4.95. The number of carboxylic acid groups (broad SMARTS) is 1. The van der Waals surface area contributed by atoms with Gasteiger partial charge in [-0.2, -0.15) is 13.2 Å². The molecule has 2 aromatic carbocycles. The van der Waals surface area contributed by atoms with Crippen LogP contribution in [0, 0.1) is 13.8 Å². The van der Waals surface area contributed by atoms with Crippen molar-refractivity contribution in [3.05, 3.63) is 46.5 Å². The second-order valence-corrected chi connectivity index (χ2v) is 7.11. The van der Waals surface area contributed by atoms with Crippen LogP contribution in [0.1, 0.15) is 30.0 Å². The van der Waals surface area contributed by atoms with Crippen LogP contribution in [-0.4, -0.2) is 38.0 Å². The molecular formula is C23H26F3NO4. The van der Waals surface area contributed by atoms with E-state index in [0.717, 1.165) is 16.7 Å². The van der Waals surface area contributed by atoms with Crippen molar-refractivity contribution in [2.75, 3.05) is 26.1 Å². The minimum atomic E-state index is -4.21. The maximum absolute atomic E-state index is 12.3. The number of nitrogens with one attached hydrogen (secondary N) is 1. The number of anilines is 1. The number of aliphatic carboxylic acids is 1. The predicted molar refractivity (Wildman–Crippen MR) is 115 cm³/mol. The third-order valence-corrected chi connectivity index (χ3v) is 4.95. The summed E-state index contributed by atoms with van der Waals surface area (Å²) >= 11 is 0. The normalized spacial score (nSPS) is 11.9. The number of hydrogen-bond donors (Lipinski definition) is 2. The smallest absolute Gasteiger partial charge is 0.390 e. The Labute approximate surface area is 179 Å². The predicted octanol–water partition coefficient (Wildman–Crippen LogP) is 5.84. The Balaban J connectivity index is 2.51. The summed E-state index contributed by atoms with van der Waals surface area (Å²) in [5.74, 6) is 0.0672. The summed E-state index contributed by atoms with van der Waals surface area (Å²) in [4.78, 5) is 11.3. The topological polar surface area (TPSA) is 67.8 Å². The lowest BCUT2D eigenvalue weighted by atomic mass is 9.91. The van der Waals surface area contributed by atoms with Gasteiger partial charge in [-0.05, 0) is 44.5 Å². The highest BCUT2D eigenvalue weighted by Gasteiger charge is 2.26. The highest BCUT2D eigenvalue weighted by molar-refractivity contribution is 5.93. The lowest BCUT2D eigenvalue weighted by Gasteiger charge is -2.21. The number of carboxylic acids is 1. The Morgan fingerprint density at radius 3 is 2.13 bits per heavy atom. The van der Waals surface area contributed by atoms with Crippen LogP contribution >= 0.6 is 0 Å². The Morgan fingerprint density at radius 2 is 1.65 bits per heavy atom. The second-order valence-electron chi connectivity index (χ2n) is 7.11. The van der Waals surface area contributed by atoms with Crippen molar-refractivity contribution >= 4 is 17.7 Å². The molecule has 0 atom stereocenters. The molecule has 0 fully saturated rings. The molecule has 0 radical (unpaired) electrons. The van der Waals surface area contributed by atoms with Crippen molar-refractivity contribution in [3.63, 3.8) is 0 Å². The standard InChI is InChI=1S/C23H26F3NO4/c1-13(22(28)29)12-18-14(2)21(31-5)19(15(3)20(18)30-4)16-6-8-17(9-7-16)27-11-10-23(24,25)26/h6-9,12,27H,10-11H2,1-5H3,(H,28,29). The molecule has 0 saturated carbocycles. The number of ether oxygens (including phenoxy) is 2. The molecule has 0 aliphatic carbocycles. The lowest BCUT2D eigenvalue weighted by Crippen LogP contribution is -2.14. The maximum Gasteiger partial charge on any atom is 0.390 e. The van der Waals surface area contributed by atoms with Gasteiger partial charge < -0.3 is 19.9 Å². The van der Waals surface area contributed by atoms with Crippen LogP contribution in [0.5, 0.6) is 11.5 Å². The summed E-state index contributed by atoms with van der Waals surface area (Å²) in [7, 11) is 3.04. The zero-order valence-electron chi connectivity index (χ0n) is 18.1. The summed E-state index contributed by atoms with van der Waals surface area (Å²) in [5, 5.41) is 12.0. The van der Waals surface area contributed by atoms with Crippen molar-refractivity contribution in [2.45, 2.75) is 33.4 Å². The number of methoxy groups -OCH3 is 2. The molecule has 2 aromatic rings. The first-order valence-electron chi connectivity index (χ1n) is 9.58. The van der Waals surface area contributed by atoms with Crippen LogP contribution in [0.4, 0.5) is 18.9 Å². The van der Waals surface area contributed by atoms with Crippen LogP contribution in [0.25, 0.3) is 17.2 Å². The first-order chi connectivity index (χ1) is 14.5. The lowest BCUT2D eigenvalue weighted by molar-refractivity contribution is -0.133. The molecule has 168 valence electrons. The highest BCUT2D eigenvalue weighted by atomic mass is 19.4. The van der Waals surface area contributed by atoms with Gasteiger partial charge in [-0.3, -0.25) is 0 Å². The van der Waals surface area contributed by atoms with E-state index in [1.165, 1.54) is 21.1 Å². The monoisotopic (exact) mass is 437 g/mol. The Morgan fingerprint density at radius 1 is 1.06 bits per heavy atom. The Kier molecular flexibility index (Phi) is 7.60. The van der Waals surface area contributed by atoms with E-state index in [1.54, 1.807) is 30.3 Å². The molecule has 0 spiro atoms. The number of alkyl halides is 3. The number of carbonyl (C=O) groups is 1.